The van der Waals surface area contributed by atoms with Crippen molar-refractivity contribution in [1.29, 1.82) is 0 Å². The lowest BCUT2D eigenvalue weighted by atomic mass is 10.2. The largest absolute Gasteiger partial charge is 0.460 e. The quantitative estimate of drug-likeness (QED) is 0.153. The molecule has 0 saturated carbocycles. The molecule has 0 aliphatic carbocycles. The maximum absolute atomic E-state index is 11.6. The number of unbranched alkanes of at least 4 members (excludes halogenated alkanes) is 2. The number of esters is 2. The van der Waals surface area contributed by atoms with Crippen molar-refractivity contribution >= 4 is 40.1 Å². The number of ketones is 2. The first-order valence-electron chi connectivity index (χ1n) is 10.5. The number of hydrogen-bond donors (Lipinski definition) is 0. The van der Waals surface area contributed by atoms with E-state index < -0.39 is 40.1 Å². The zero-order chi connectivity index (χ0) is 22.5. The van der Waals surface area contributed by atoms with Gasteiger partial charge in [0.1, 0.15) is 0 Å². The van der Waals surface area contributed by atoms with Crippen LogP contribution >= 0.6 is 0 Å². The van der Waals surface area contributed by atoms with Gasteiger partial charge < -0.3 is 13.6 Å². The molecule has 0 atom stereocenters. The van der Waals surface area contributed by atoms with Crippen LogP contribution in [-0.4, -0.2) is 53.4 Å². The first-order valence-corrected chi connectivity index (χ1v) is 16.8. The summed E-state index contributed by atoms with van der Waals surface area (Å²) in [5.41, 5.74) is 0. The Morgan fingerprint density at radius 3 is 1.28 bits per heavy atom. The average molecular weight is 447 g/mol. The van der Waals surface area contributed by atoms with E-state index in [2.05, 4.69) is 26.2 Å². The molecule has 7 nitrogen and oxygen atoms in total. The van der Waals surface area contributed by atoms with Crippen molar-refractivity contribution in [2.45, 2.75) is 90.6 Å². The Bertz CT molecular complexity index is 511. The molecular weight excluding hydrogens is 408 g/mol. The fraction of sp³-hybridized carbons (Fsp3) is 0.800. The molecule has 9 heteroatoms. The summed E-state index contributed by atoms with van der Waals surface area (Å²) in [6.07, 6.45) is 3.47. The van der Waals surface area contributed by atoms with Crippen LogP contribution in [0.4, 0.5) is 0 Å². The minimum Gasteiger partial charge on any atom is -0.460 e. The first-order chi connectivity index (χ1) is 13.4. The van der Waals surface area contributed by atoms with Gasteiger partial charge in [0.2, 0.25) is 11.6 Å². The number of Topliss-reactive ketones (excluding diaryl/α,β-unsaturated/α-hetero) is 2. The van der Waals surface area contributed by atoms with E-state index in [4.69, 9.17) is 13.6 Å². The summed E-state index contributed by atoms with van der Waals surface area (Å²) < 4.78 is 16.0. The van der Waals surface area contributed by atoms with Crippen molar-refractivity contribution in [3.63, 3.8) is 0 Å². The molecule has 0 aliphatic rings. The fourth-order valence-corrected chi connectivity index (χ4v) is 12.2. The standard InChI is InChI=1S/C20H38O7Si2/c1-7-25-19(23)17(21)13-9-11-15-28(3,4)27-29(5,6)16-12-10-14-18(22)20(24)26-8-2/h7-16H2,1-6H3. The molecule has 0 N–H and O–H groups in total. The lowest BCUT2D eigenvalue weighted by Crippen LogP contribution is -2.44. The summed E-state index contributed by atoms with van der Waals surface area (Å²) in [4.78, 5) is 45.9. The number of rotatable bonds is 16. The van der Waals surface area contributed by atoms with Gasteiger partial charge in [-0.25, -0.2) is 9.59 Å². The summed E-state index contributed by atoms with van der Waals surface area (Å²) in [7, 11) is -3.74. The van der Waals surface area contributed by atoms with Gasteiger partial charge in [0.05, 0.1) is 13.2 Å². The molecule has 0 unspecified atom stereocenters. The molecule has 0 radical (unpaired) electrons. The number of carbonyl (C=O) groups excluding carboxylic acids is 4. The molecule has 0 amide bonds. The van der Waals surface area contributed by atoms with Gasteiger partial charge in [0.15, 0.2) is 16.6 Å². The normalized spacial score (nSPS) is 11.8. The van der Waals surface area contributed by atoms with Crippen LogP contribution in [-0.2, 0) is 32.8 Å². The van der Waals surface area contributed by atoms with E-state index in [1.807, 2.05) is 0 Å². The van der Waals surface area contributed by atoms with Crippen LogP contribution in [0.3, 0.4) is 0 Å². The molecule has 0 bridgehead atoms. The summed E-state index contributed by atoms with van der Waals surface area (Å²) >= 11 is 0. The second-order valence-corrected chi connectivity index (χ2v) is 17.2. The van der Waals surface area contributed by atoms with Gasteiger partial charge in [-0.05, 0) is 65.0 Å². The highest BCUT2D eigenvalue weighted by Crippen LogP contribution is 2.25. The smallest absolute Gasteiger partial charge is 0.374 e. The van der Waals surface area contributed by atoms with Crippen LogP contribution in [0.5, 0.6) is 0 Å². The number of carbonyl (C=O) groups is 4. The van der Waals surface area contributed by atoms with Gasteiger partial charge in [-0.15, -0.1) is 0 Å². The molecule has 0 fully saturated rings. The molecule has 0 aromatic heterocycles. The molecule has 0 saturated heterocycles. The summed E-state index contributed by atoms with van der Waals surface area (Å²) in [5.74, 6) is -2.40. The zero-order valence-corrected chi connectivity index (χ0v) is 20.9. The molecule has 0 aromatic rings. The van der Waals surface area contributed by atoms with Crippen LogP contribution in [0.25, 0.3) is 0 Å². The van der Waals surface area contributed by atoms with E-state index in [9.17, 15) is 19.2 Å². The van der Waals surface area contributed by atoms with Crippen molar-refractivity contribution in [3.05, 3.63) is 0 Å². The molecular formula is C20H38O7Si2. The molecule has 0 aliphatic heterocycles. The third-order valence-corrected chi connectivity index (χ3v) is 12.0. The fourth-order valence-electron chi connectivity index (χ4n) is 3.15. The van der Waals surface area contributed by atoms with Crippen molar-refractivity contribution in [3.8, 4) is 0 Å². The Balaban J connectivity index is 4.18. The Morgan fingerprint density at radius 2 is 0.966 bits per heavy atom. The second kappa shape index (κ2) is 13.8. The third-order valence-electron chi connectivity index (χ3n) is 4.42. The highest BCUT2D eigenvalue weighted by Gasteiger charge is 2.32. The summed E-state index contributed by atoms with van der Waals surface area (Å²) in [6.45, 7) is 12.5. The van der Waals surface area contributed by atoms with Crippen LogP contribution in [0.2, 0.25) is 38.3 Å². The van der Waals surface area contributed by atoms with Crippen LogP contribution < -0.4 is 0 Å². The molecule has 0 rings (SSSR count). The monoisotopic (exact) mass is 446 g/mol. The first kappa shape index (κ1) is 27.7. The van der Waals surface area contributed by atoms with Crippen LogP contribution in [0, 0.1) is 0 Å². The topological polar surface area (TPSA) is 96.0 Å². The minimum atomic E-state index is -1.87. The second-order valence-electron chi connectivity index (χ2n) is 8.32. The summed E-state index contributed by atoms with van der Waals surface area (Å²) in [5, 5.41) is 0. The van der Waals surface area contributed by atoms with E-state index >= 15 is 0 Å². The van der Waals surface area contributed by atoms with E-state index in [-0.39, 0.29) is 26.1 Å². The molecule has 0 spiro atoms. The SMILES string of the molecule is CCOC(=O)C(=O)CCCC[Si](C)(C)O[Si](C)(C)CCCCC(=O)C(=O)OCC. The van der Waals surface area contributed by atoms with E-state index in [1.165, 1.54) is 0 Å². The Kier molecular flexibility index (Phi) is 13.2. The van der Waals surface area contributed by atoms with E-state index in [1.54, 1.807) is 13.8 Å². The Labute approximate surface area is 177 Å². The molecule has 29 heavy (non-hydrogen) atoms. The average Bonchev–Trinajstić information content (AvgIpc) is 2.61. The lowest BCUT2D eigenvalue weighted by molar-refractivity contribution is -0.153. The van der Waals surface area contributed by atoms with Gasteiger partial charge in [-0.1, -0.05) is 12.8 Å². The van der Waals surface area contributed by atoms with Crippen LogP contribution in [0.1, 0.15) is 52.4 Å². The Morgan fingerprint density at radius 1 is 0.621 bits per heavy atom. The number of ether oxygens (including phenoxy) is 2. The predicted molar refractivity (Wildman–Crippen MR) is 117 cm³/mol. The van der Waals surface area contributed by atoms with E-state index in [0.717, 1.165) is 24.9 Å². The minimum absolute atomic E-state index is 0.217. The summed E-state index contributed by atoms with van der Waals surface area (Å²) in [6, 6.07) is 1.86. The van der Waals surface area contributed by atoms with Crippen molar-refractivity contribution in [2.75, 3.05) is 13.2 Å². The van der Waals surface area contributed by atoms with Gasteiger partial charge in [-0.2, -0.15) is 0 Å². The van der Waals surface area contributed by atoms with Gasteiger partial charge in [0.25, 0.3) is 0 Å². The molecule has 168 valence electrons. The van der Waals surface area contributed by atoms with Gasteiger partial charge in [0, 0.05) is 12.8 Å². The maximum atomic E-state index is 11.6. The van der Waals surface area contributed by atoms with Crippen molar-refractivity contribution in [1.82, 2.24) is 0 Å². The van der Waals surface area contributed by atoms with Crippen molar-refractivity contribution in [2.24, 2.45) is 0 Å². The number of hydrogen-bond acceptors (Lipinski definition) is 7. The van der Waals surface area contributed by atoms with Gasteiger partial charge in [-0.3, -0.25) is 9.59 Å². The Hall–Kier alpha value is -1.33. The third kappa shape index (κ3) is 13.5. The highest BCUT2D eigenvalue weighted by molar-refractivity contribution is 6.84. The molecule has 0 heterocycles. The molecule has 0 aromatic carbocycles. The zero-order valence-electron chi connectivity index (χ0n) is 18.9. The van der Waals surface area contributed by atoms with Crippen LogP contribution in [0.15, 0.2) is 0 Å². The van der Waals surface area contributed by atoms with Crippen molar-refractivity contribution < 1.29 is 32.8 Å². The predicted octanol–water partition coefficient (Wildman–Crippen LogP) is 4.02. The lowest BCUT2D eigenvalue weighted by Gasteiger charge is -2.34. The van der Waals surface area contributed by atoms with E-state index in [0.29, 0.717) is 12.8 Å². The maximum Gasteiger partial charge on any atom is 0.374 e. The van der Waals surface area contributed by atoms with Gasteiger partial charge >= 0.3 is 11.9 Å². The highest BCUT2D eigenvalue weighted by atomic mass is 28.4.